The van der Waals surface area contributed by atoms with Crippen LogP contribution in [0.3, 0.4) is 0 Å². The Kier molecular flexibility index (Phi) is 9.06. The second-order valence-corrected chi connectivity index (χ2v) is 14.4. The van der Waals surface area contributed by atoms with Crippen molar-refractivity contribution < 1.29 is 38.1 Å². The molecule has 1 saturated carbocycles. The maximum Gasteiger partial charge on any atom is 0.314 e. The summed E-state index contributed by atoms with van der Waals surface area (Å²) in [5.41, 5.74) is 1.85. The molecule has 7 rings (SSSR count). The first-order chi connectivity index (χ1) is 23.2. The van der Waals surface area contributed by atoms with E-state index in [9.17, 15) is 19.2 Å². The number of carbonyl (C=O) groups excluding carboxylic acids is 4. The molecule has 1 aliphatic carbocycles. The largest absolute Gasteiger partial charge is 0.469 e. The van der Waals surface area contributed by atoms with Crippen molar-refractivity contribution in [1.29, 1.82) is 0 Å². The molecular formula is C38H46N2O8. The number of esters is 4. The van der Waals surface area contributed by atoms with E-state index in [4.69, 9.17) is 18.9 Å². The SMILES string of the molecule is COC(=O)[C@H]1C(OC(=O)[C@@H]2[C@@H](C(=O)OC3C[C@@H]4CC[C@H]([C@H]3C(=O)OC)N4C)[C@H](c3ccccc3)[C@@H]2c2ccccc2)C[C@@H]2CC[C@H]1N2C. The van der Waals surface area contributed by atoms with E-state index < -0.39 is 47.8 Å². The fourth-order valence-corrected chi connectivity index (χ4v) is 9.94. The van der Waals surface area contributed by atoms with Crippen LogP contribution in [0.4, 0.5) is 0 Å². The van der Waals surface area contributed by atoms with E-state index >= 15 is 0 Å². The Bertz CT molecular complexity index is 1410. The van der Waals surface area contributed by atoms with Gasteiger partial charge in [0.2, 0.25) is 0 Å². The molecule has 10 heteroatoms. The number of rotatable bonds is 8. The van der Waals surface area contributed by atoms with Crippen molar-refractivity contribution in [2.24, 2.45) is 23.7 Å². The van der Waals surface area contributed by atoms with Gasteiger partial charge < -0.3 is 18.9 Å². The average molecular weight is 659 g/mol. The second-order valence-electron chi connectivity index (χ2n) is 14.4. The van der Waals surface area contributed by atoms with Gasteiger partial charge in [-0.25, -0.2) is 0 Å². The van der Waals surface area contributed by atoms with Crippen molar-refractivity contribution >= 4 is 23.9 Å². The molecule has 0 radical (unpaired) electrons. The number of ether oxygens (including phenoxy) is 4. The van der Waals surface area contributed by atoms with Gasteiger partial charge in [-0.2, -0.15) is 0 Å². The van der Waals surface area contributed by atoms with Crippen LogP contribution in [0, 0.1) is 23.7 Å². The van der Waals surface area contributed by atoms with Crippen molar-refractivity contribution in [3.8, 4) is 0 Å². The molecule has 256 valence electrons. The van der Waals surface area contributed by atoms with E-state index in [0.717, 1.165) is 36.8 Å². The molecule has 0 N–H and O–H groups in total. The van der Waals surface area contributed by atoms with Crippen molar-refractivity contribution in [1.82, 2.24) is 9.80 Å². The van der Waals surface area contributed by atoms with Gasteiger partial charge in [0.15, 0.2) is 0 Å². The third kappa shape index (κ3) is 5.50. The number of fused-ring (bicyclic) bond motifs is 4. The number of carbonyl (C=O) groups is 4. The minimum absolute atomic E-state index is 0.0757. The monoisotopic (exact) mass is 658 g/mol. The van der Waals surface area contributed by atoms with Gasteiger partial charge in [-0.05, 0) is 50.9 Å². The lowest BCUT2D eigenvalue weighted by atomic mass is 9.52. The highest BCUT2D eigenvalue weighted by Crippen LogP contribution is 2.59. The molecule has 0 amide bonds. The molecule has 10 nitrogen and oxygen atoms in total. The quantitative estimate of drug-likeness (QED) is 0.306. The Labute approximate surface area is 282 Å². The lowest BCUT2D eigenvalue weighted by molar-refractivity contribution is -0.190. The molecule has 12 atom stereocenters. The molecule has 4 bridgehead atoms. The van der Waals surface area contributed by atoms with Crippen LogP contribution < -0.4 is 0 Å². The minimum Gasteiger partial charge on any atom is -0.469 e. The van der Waals surface area contributed by atoms with Gasteiger partial charge >= 0.3 is 23.9 Å². The van der Waals surface area contributed by atoms with Crippen LogP contribution in [0.15, 0.2) is 60.7 Å². The van der Waals surface area contributed by atoms with E-state index in [-0.39, 0.29) is 47.9 Å². The number of hydrogen-bond donors (Lipinski definition) is 0. The molecule has 5 aliphatic rings. The molecule has 2 aromatic carbocycles. The summed E-state index contributed by atoms with van der Waals surface area (Å²) in [5.74, 6) is -5.41. The zero-order valence-corrected chi connectivity index (χ0v) is 28.1. The van der Waals surface area contributed by atoms with Gasteiger partial charge in [-0.3, -0.25) is 29.0 Å². The Morgan fingerprint density at radius 1 is 0.542 bits per heavy atom. The van der Waals surface area contributed by atoms with Gasteiger partial charge in [-0.15, -0.1) is 0 Å². The number of hydrogen-bond acceptors (Lipinski definition) is 10. The van der Waals surface area contributed by atoms with Gasteiger partial charge in [0.05, 0.1) is 26.1 Å². The Morgan fingerprint density at radius 3 is 1.27 bits per heavy atom. The summed E-state index contributed by atoms with van der Waals surface area (Å²) in [5, 5.41) is 0. The molecule has 4 saturated heterocycles. The predicted octanol–water partition coefficient (Wildman–Crippen LogP) is 3.94. The van der Waals surface area contributed by atoms with Crippen molar-refractivity contribution in [3.05, 3.63) is 71.8 Å². The van der Waals surface area contributed by atoms with Crippen LogP contribution in [0.5, 0.6) is 0 Å². The lowest BCUT2D eigenvalue weighted by Gasteiger charge is -2.51. The number of benzene rings is 2. The normalized spacial score (nSPS) is 37.2. The Balaban J connectivity index is 1.23. The highest BCUT2D eigenvalue weighted by molar-refractivity contribution is 5.88. The van der Waals surface area contributed by atoms with Gasteiger partial charge in [-0.1, -0.05) is 60.7 Å². The molecule has 4 aliphatic heterocycles. The summed E-state index contributed by atoms with van der Waals surface area (Å²) < 4.78 is 23.1. The van der Waals surface area contributed by atoms with E-state index in [0.29, 0.717) is 12.8 Å². The fourth-order valence-electron chi connectivity index (χ4n) is 9.94. The van der Waals surface area contributed by atoms with Crippen molar-refractivity contribution in [2.75, 3.05) is 28.3 Å². The van der Waals surface area contributed by atoms with Crippen LogP contribution in [0.2, 0.25) is 0 Å². The maximum atomic E-state index is 14.5. The Morgan fingerprint density at radius 2 is 0.917 bits per heavy atom. The van der Waals surface area contributed by atoms with Gasteiger partial charge in [0, 0.05) is 48.8 Å². The van der Waals surface area contributed by atoms with Crippen LogP contribution in [-0.2, 0) is 38.1 Å². The lowest BCUT2D eigenvalue weighted by Crippen LogP contribution is -2.58. The second kappa shape index (κ2) is 13.3. The van der Waals surface area contributed by atoms with E-state index in [1.54, 1.807) is 0 Å². The van der Waals surface area contributed by atoms with Crippen LogP contribution in [0.25, 0.3) is 0 Å². The molecule has 48 heavy (non-hydrogen) atoms. The summed E-state index contributed by atoms with van der Waals surface area (Å²) in [4.78, 5) is 59.7. The first-order valence-corrected chi connectivity index (χ1v) is 17.3. The average Bonchev–Trinajstić information content (AvgIpc) is 3.45. The first-order valence-electron chi connectivity index (χ1n) is 17.3. The highest BCUT2D eigenvalue weighted by Gasteiger charge is 2.62. The molecule has 4 heterocycles. The van der Waals surface area contributed by atoms with E-state index in [1.165, 1.54) is 14.2 Å². The van der Waals surface area contributed by atoms with E-state index in [1.807, 2.05) is 74.8 Å². The summed E-state index contributed by atoms with van der Waals surface area (Å²) in [7, 11) is 6.77. The third-order valence-corrected chi connectivity index (χ3v) is 12.4. The standard InChI is InChI=1S/C38H46N2O8/c1-39-23-15-17-25(39)31(35(41)45-3)27(19-23)47-37(43)33-29(21-11-7-5-8-12-21)30(22-13-9-6-10-14-22)34(33)38(44)48-28-20-24-16-18-26(40(24)2)32(28)36(42)46-4/h5-14,23-34H,15-20H2,1-4H3/t23-,24-,25+,26+,27?,28?,29-,30+,31+,32+,33-,34-/m0/s1. The van der Waals surface area contributed by atoms with Crippen LogP contribution >= 0.6 is 0 Å². The molecule has 5 fully saturated rings. The summed E-state index contributed by atoms with van der Waals surface area (Å²) in [6, 6.07) is 19.8. The fraction of sp³-hybridized carbons (Fsp3) is 0.579. The molecule has 2 unspecified atom stereocenters. The number of nitrogens with zero attached hydrogens (tertiary/aromatic N) is 2. The molecule has 0 aromatic heterocycles. The predicted molar refractivity (Wildman–Crippen MR) is 174 cm³/mol. The summed E-state index contributed by atoms with van der Waals surface area (Å²) in [6.45, 7) is 0. The zero-order valence-electron chi connectivity index (χ0n) is 28.1. The van der Waals surface area contributed by atoms with Crippen LogP contribution in [0.1, 0.15) is 61.5 Å². The summed E-state index contributed by atoms with van der Waals surface area (Å²) in [6.07, 6.45) is 3.24. The third-order valence-electron chi connectivity index (χ3n) is 12.4. The highest BCUT2D eigenvalue weighted by atomic mass is 16.6. The smallest absolute Gasteiger partial charge is 0.314 e. The minimum atomic E-state index is -0.847. The topological polar surface area (TPSA) is 112 Å². The van der Waals surface area contributed by atoms with Crippen molar-refractivity contribution in [2.45, 2.75) is 86.7 Å². The van der Waals surface area contributed by atoms with Gasteiger partial charge in [0.25, 0.3) is 0 Å². The summed E-state index contributed by atoms with van der Waals surface area (Å²) >= 11 is 0. The van der Waals surface area contributed by atoms with Crippen LogP contribution in [-0.4, -0.2) is 98.4 Å². The Hall–Kier alpha value is -3.76. The number of methoxy groups -OCH3 is 2. The number of piperidine rings is 2. The zero-order chi connectivity index (χ0) is 33.7. The van der Waals surface area contributed by atoms with E-state index in [2.05, 4.69) is 9.80 Å². The van der Waals surface area contributed by atoms with Crippen molar-refractivity contribution in [3.63, 3.8) is 0 Å². The molecule has 0 spiro atoms. The molecule has 2 aromatic rings. The maximum absolute atomic E-state index is 14.5. The first kappa shape index (κ1) is 32.8. The van der Waals surface area contributed by atoms with Gasteiger partial charge in [0.1, 0.15) is 24.0 Å². The molecular weight excluding hydrogens is 612 g/mol.